The zero-order valence-electron chi connectivity index (χ0n) is 15.3. The smallest absolute Gasteiger partial charge is 0.173 e. The van der Waals surface area contributed by atoms with Gasteiger partial charge in [0.25, 0.3) is 0 Å². The van der Waals surface area contributed by atoms with E-state index in [-0.39, 0.29) is 11.6 Å². The molecule has 0 radical (unpaired) electrons. The summed E-state index contributed by atoms with van der Waals surface area (Å²) in [4.78, 5) is 2.54. The normalized spacial score (nSPS) is 18.7. The van der Waals surface area contributed by atoms with Crippen molar-refractivity contribution in [3.8, 4) is 0 Å². The van der Waals surface area contributed by atoms with Gasteiger partial charge in [-0.1, -0.05) is 44.2 Å². The maximum Gasteiger partial charge on any atom is 0.173 e. The van der Waals surface area contributed by atoms with Crippen LogP contribution < -0.4 is 0 Å². The second-order valence-corrected chi connectivity index (χ2v) is 7.65. The summed E-state index contributed by atoms with van der Waals surface area (Å²) in [6.45, 7) is 11.1. The Morgan fingerprint density at radius 2 is 1.83 bits per heavy atom. The molecule has 24 heavy (non-hydrogen) atoms. The highest BCUT2D eigenvalue weighted by Gasteiger charge is 2.33. The van der Waals surface area contributed by atoms with E-state index >= 15 is 0 Å². The minimum absolute atomic E-state index is 0.0884. The number of benzene rings is 1. The van der Waals surface area contributed by atoms with Gasteiger partial charge in [0.1, 0.15) is 0 Å². The molecular weight excluding hydrogens is 298 g/mol. The van der Waals surface area contributed by atoms with E-state index in [1.807, 2.05) is 4.68 Å². The van der Waals surface area contributed by atoms with Gasteiger partial charge in [-0.15, -0.1) is 5.10 Å². The van der Waals surface area contributed by atoms with Crippen LogP contribution in [0.4, 0.5) is 0 Å². The summed E-state index contributed by atoms with van der Waals surface area (Å²) in [5.41, 5.74) is 1.18. The van der Waals surface area contributed by atoms with Crippen molar-refractivity contribution in [2.24, 2.45) is 5.92 Å². The average Bonchev–Trinajstić information content (AvgIpc) is 3.08. The lowest BCUT2D eigenvalue weighted by Crippen LogP contribution is -2.40. The Morgan fingerprint density at radius 3 is 2.46 bits per heavy atom. The number of hydrogen-bond donors (Lipinski definition) is 0. The highest BCUT2D eigenvalue weighted by atomic mass is 15.6. The van der Waals surface area contributed by atoms with Gasteiger partial charge in [0.15, 0.2) is 5.82 Å². The molecular formula is C19H29N5. The molecule has 1 atom stereocenters. The lowest BCUT2D eigenvalue weighted by molar-refractivity contribution is 0.143. The first-order chi connectivity index (χ1) is 11.5. The third-order valence-corrected chi connectivity index (χ3v) is 5.48. The van der Waals surface area contributed by atoms with Crippen molar-refractivity contribution in [2.75, 3.05) is 13.1 Å². The quantitative estimate of drug-likeness (QED) is 0.841. The van der Waals surface area contributed by atoms with E-state index in [1.165, 1.54) is 18.4 Å². The summed E-state index contributed by atoms with van der Waals surface area (Å²) in [7, 11) is 0. The van der Waals surface area contributed by atoms with E-state index in [9.17, 15) is 0 Å². The largest absolute Gasteiger partial charge is 0.290 e. The number of aromatic nitrogens is 4. The molecule has 0 bridgehead atoms. The summed E-state index contributed by atoms with van der Waals surface area (Å²) in [6, 6.07) is 10.8. The van der Waals surface area contributed by atoms with Gasteiger partial charge in [-0.2, -0.15) is 0 Å². The van der Waals surface area contributed by atoms with E-state index in [0.29, 0.717) is 0 Å². The summed E-state index contributed by atoms with van der Waals surface area (Å²) in [5.74, 6) is 1.77. The first-order valence-corrected chi connectivity index (χ1v) is 9.10. The highest BCUT2D eigenvalue weighted by Crippen LogP contribution is 2.33. The number of piperidine rings is 1. The average molecular weight is 327 g/mol. The lowest BCUT2D eigenvalue weighted by Gasteiger charge is -2.37. The van der Waals surface area contributed by atoms with Crippen molar-refractivity contribution < 1.29 is 0 Å². The number of nitrogens with zero attached hydrogens (tertiary/aromatic N) is 5. The number of tetrazole rings is 1. The van der Waals surface area contributed by atoms with Crippen LogP contribution in [0.1, 0.15) is 64.4 Å². The van der Waals surface area contributed by atoms with Crippen LogP contribution in [0.2, 0.25) is 0 Å². The monoisotopic (exact) mass is 327 g/mol. The molecule has 0 N–H and O–H groups in total. The molecule has 130 valence electrons. The minimum Gasteiger partial charge on any atom is -0.290 e. The first-order valence-electron chi connectivity index (χ1n) is 9.10. The van der Waals surface area contributed by atoms with Gasteiger partial charge in [0.05, 0.1) is 11.6 Å². The topological polar surface area (TPSA) is 46.8 Å². The van der Waals surface area contributed by atoms with Crippen LogP contribution in [0.5, 0.6) is 0 Å². The summed E-state index contributed by atoms with van der Waals surface area (Å²) in [6.07, 6.45) is 3.47. The number of rotatable bonds is 5. The van der Waals surface area contributed by atoms with Crippen LogP contribution in [-0.4, -0.2) is 38.2 Å². The summed E-state index contributed by atoms with van der Waals surface area (Å²) >= 11 is 0. The Labute approximate surface area is 145 Å². The molecule has 1 aromatic heterocycles. The van der Waals surface area contributed by atoms with E-state index in [2.05, 4.69) is 78.5 Å². The SMILES string of the molecule is CCC(C)(C)n1nnnc1C(c1ccccc1)N1CCC(C)CC1. The highest BCUT2D eigenvalue weighted by molar-refractivity contribution is 5.25. The Kier molecular flexibility index (Phi) is 4.99. The fraction of sp³-hybridized carbons (Fsp3) is 0.632. The fourth-order valence-corrected chi connectivity index (χ4v) is 3.39. The molecule has 0 aliphatic carbocycles. The molecule has 2 aromatic rings. The third kappa shape index (κ3) is 3.36. The predicted molar refractivity (Wildman–Crippen MR) is 95.7 cm³/mol. The van der Waals surface area contributed by atoms with Gasteiger partial charge in [-0.25, -0.2) is 4.68 Å². The van der Waals surface area contributed by atoms with Crippen LogP contribution in [0.15, 0.2) is 30.3 Å². The van der Waals surface area contributed by atoms with Crippen molar-refractivity contribution >= 4 is 0 Å². The first kappa shape index (κ1) is 17.1. The molecule has 0 amide bonds. The van der Waals surface area contributed by atoms with Crippen LogP contribution >= 0.6 is 0 Å². The van der Waals surface area contributed by atoms with Crippen molar-refractivity contribution in [3.63, 3.8) is 0 Å². The maximum absolute atomic E-state index is 4.46. The molecule has 1 aliphatic rings. The molecule has 5 heteroatoms. The van der Waals surface area contributed by atoms with Gasteiger partial charge >= 0.3 is 0 Å². The zero-order chi connectivity index (χ0) is 17.2. The molecule has 1 aromatic carbocycles. The Balaban J connectivity index is 2.02. The molecule has 1 saturated heterocycles. The van der Waals surface area contributed by atoms with Crippen LogP contribution in [-0.2, 0) is 5.54 Å². The van der Waals surface area contributed by atoms with Crippen molar-refractivity contribution in [2.45, 2.75) is 58.5 Å². The number of likely N-dealkylation sites (tertiary alicyclic amines) is 1. The van der Waals surface area contributed by atoms with Crippen molar-refractivity contribution in [3.05, 3.63) is 41.7 Å². The summed E-state index contributed by atoms with van der Waals surface area (Å²) in [5, 5.41) is 12.8. The molecule has 5 nitrogen and oxygen atoms in total. The maximum atomic E-state index is 4.46. The minimum atomic E-state index is -0.0884. The Morgan fingerprint density at radius 1 is 1.17 bits per heavy atom. The lowest BCUT2D eigenvalue weighted by atomic mass is 9.94. The van der Waals surface area contributed by atoms with Crippen LogP contribution in [0.3, 0.4) is 0 Å². The van der Waals surface area contributed by atoms with E-state index < -0.39 is 0 Å². The standard InChI is InChI=1S/C19H29N5/c1-5-19(3,4)24-18(20-21-22-24)17(16-9-7-6-8-10-16)23-13-11-15(2)12-14-23/h6-10,15,17H,5,11-14H2,1-4H3. The van der Waals surface area contributed by atoms with Crippen LogP contribution in [0.25, 0.3) is 0 Å². The molecule has 0 saturated carbocycles. The molecule has 1 aliphatic heterocycles. The zero-order valence-corrected chi connectivity index (χ0v) is 15.3. The molecule has 1 fully saturated rings. The number of hydrogen-bond acceptors (Lipinski definition) is 4. The van der Waals surface area contributed by atoms with Crippen molar-refractivity contribution in [1.82, 2.24) is 25.1 Å². The van der Waals surface area contributed by atoms with E-state index in [0.717, 1.165) is 31.3 Å². The van der Waals surface area contributed by atoms with E-state index in [4.69, 9.17) is 0 Å². The van der Waals surface area contributed by atoms with Gasteiger partial charge in [0.2, 0.25) is 0 Å². The molecule has 3 rings (SSSR count). The van der Waals surface area contributed by atoms with Gasteiger partial charge < -0.3 is 0 Å². The second kappa shape index (κ2) is 7.01. The Bertz CT molecular complexity index is 641. The van der Waals surface area contributed by atoms with Gasteiger partial charge in [-0.3, -0.25) is 4.90 Å². The third-order valence-electron chi connectivity index (χ3n) is 5.48. The second-order valence-electron chi connectivity index (χ2n) is 7.65. The van der Waals surface area contributed by atoms with E-state index in [1.54, 1.807) is 0 Å². The fourth-order valence-electron chi connectivity index (χ4n) is 3.39. The van der Waals surface area contributed by atoms with Crippen molar-refractivity contribution in [1.29, 1.82) is 0 Å². The summed E-state index contributed by atoms with van der Waals surface area (Å²) < 4.78 is 2.03. The van der Waals surface area contributed by atoms with Gasteiger partial charge in [0, 0.05) is 0 Å². The molecule has 0 spiro atoms. The molecule has 1 unspecified atom stereocenters. The molecule has 2 heterocycles. The predicted octanol–water partition coefficient (Wildman–Crippen LogP) is 3.64. The van der Waals surface area contributed by atoms with Crippen LogP contribution in [0, 0.1) is 5.92 Å². The Hall–Kier alpha value is -1.75. The van der Waals surface area contributed by atoms with Gasteiger partial charge in [-0.05, 0) is 68.1 Å².